The van der Waals surface area contributed by atoms with Crippen LogP contribution < -0.4 is 15.4 Å². The average Bonchev–Trinajstić information content (AvgIpc) is 2.71. The zero-order chi connectivity index (χ0) is 19.6. The number of hydrogen-bond acceptors (Lipinski definition) is 5. The first-order valence-corrected chi connectivity index (χ1v) is 8.37. The van der Waals surface area contributed by atoms with Crippen LogP contribution in [-0.2, 0) is 20.7 Å². The Hall–Kier alpha value is -3.35. The summed E-state index contributed by atoms with van der Waals surface area (Å²) in [6.45, 7) is -0.257. The lowest BCUT2D eigenvalue weighted by Gasteiger charge is -2.18. The number of nitrogens with one attached hydrogen (secondary N) is 2. The van der Waals surface area contributed by atoms with Crippen LogP contribution in [0.5, 0.6) is 5.75 Å². The average molecular weight is 370 g/mol. The molecule has 142 valence electrons. The van der Waals surface area contributed by atoms with Crippen LogP contribution in [0.3, 0.4) is 0 Å². The maximum absolute atomic E-state index is 12.2. The Morgan fingerprint density at radius 2 is 1.63 bits per heavy atom. The van der Waals surface area contributed by atoms with Crippen molar-refractivity contribution < 1.29 is 23.9 Å². The molecule has 0 heterocycles. The molecule has 1 atom stereocenters. The van der Waals surface area contributed by atoms with E-state index in [9.17, 15) is 14.4 Å². The lowest BCUT2D eigenvalue weighted by atomic mass is 10.0. The molecule has 2 amide bonds. The van der Waals surface area contributed by atoms with E-state index >= 15 is 0 Å². The topological polar surface area (TPSA) is 93.7 Å². The van der Waals surface area contributed by atoms with Crippen LogP contribution in [-0.4, -0.2) is 44.6 Å². The van der Waals surface area contributed by atoms with Crippen LogP contribution in [0.15, 0.2) is 54.6 Å². The van der Waals surface area contributed by atoms with Crippen molar-refractivity contribution in [3.05, 3.63) is 65.7 Å². The molecule has 2 N–H and O–H groups in total. The molecule has 0 bridgehead atoms. The predicted octanol–water partition coefficient (Wildman–Crippen LogP) is 1.33. The minimum absolute atomic E-state index is 0.203. The van der Waals surface area contributed by atoms with Gasteiger partial charge < -0.3 is 20.1 Å². The number of carbonyl (C=O) groups is 3. The summed E-state index contributed by atoms with van der Waals surface area (Å²) in [5, 5.41) is 5.11. The Morgan fingerprint density at radius 1 is 0.963 bits per heavy atom. The van der Waals surface area contributed by atoms with E-state index in [4.69, 9.17) is 9.47 Å². The summed E-state index contributed by atoms with van der Waals surface area (Å²) >= 11 is 0. The largest absolute Gasteiger partial charge is 0.496 e. The van der Waals surface area contributed by atoms with E-state index in [1.165, 1.54) is 14.2 Å². The molecule has 0 saturated heterocycles. The van der Waals surface area contributed by atoms with Gasteiger partial charge in [-0.1, -0.05) is 36.4 Å². The molecule has 27 heavy (non-hydrogen) atoms. The Kier molecular flexibility index (Phi) is 7.37. The highest BCUT2D eigenvalue weighted by atomic mass is 16.5. The van der Waals surface area contributed by atoms with Gasteiger partial charge in [-0.05, 0) is 23.8 Å². The number of rotatable bonds is 8. The lowest BCUT2D eigenvalue weighted by Crippen LogP contribution is -2.47. The van der Waals surface area contributed by atoms with Gasteiger partial charge >= 0.3 is 5.97 Å². The van der Waals surface area contributed by atoms with Crippen molar-refractivity contribution in [1.29, 1.82) is 0 Å². The maximum atomic E-state index is 12.2. The number of amides is 2. The van der Waals surface area contributed by atoms with Crippen molar-refractivity contribution in [2.24, 2.45) is 0 Å². The molecule has 2 aromatic carbocycles. The number of carbonyl (C=O) groups excluding carboxylic acids is 3. The monoisotopic (exact) mass is 370 g/mol. The molecular weight excluding hydrogens is 348 g/mol. The molecule has 7 heteroatoms. The zero-order valence-electron chi connectivity index (χ0n) is 15.2. The van der Waals surface area contributed by atoms with Crippen molar-refractivity contribution in [3.63, 3.8) is 0 Å². The first kappa shape index (κ1) is 20.0. The van der Waals surface area contributed by atoms with Crippen LogP contribution in [0.1, 0.15) is 15.9 Å². The first-order valence-electron chi connectivity index (χ1n) is 8.37. The van der Waals surface area contributed by atoms with E-state index in [0.29, 0.717) is 11.3 Å². The van der Waals surface area contributed by atoms with Crippen molar-refractivity contribution in [1.82, 2.24) is 10.6 Å². The number of para-hydroxylation sites is 1. The third kappa shape index (κ3) is 5.85. The van der Waals surface area contributed by atoms with Gasteiger partial charge in [0.2, 0.25) is 5.91 Å². The molecule has 0 aliphatic heterocycles. The fraction of sp³-hybridized carbons (Fsp3) is 0.250. The normalized spacial score (nSPS) is 11.2. The summed E-state index contributed by atoms with van der Waals surface area (Å²) < 4.78 is 10.0. The van der Waals surface area contributed by atoms with Crippen LogP contribution in [0.4, 0.5) is 0 Å². The van der Waals surface area contributed by atoms with Gasteiger partial charge in [0.1, 0.15) is 11.8 Å². The molecule has 7 nitrogen and oxygen atoms in total. The van der Waals surface area contributed by atoms with Crippen LogP contribution in [0.25, 0.3) is 0 Å². The second-order valence-corrected chi connectivity index (χ2v) is 5.71. The molecule has 0 aromatic heterocycles. The minimum Gasteiger partial charge on any atom is -0.496 e. The molecular formula is C20H22N2O5. The molecule has 0 radical (unpaired) electrons. The molecule has 0 aliphatic rings. The molecule has 2 aromatic rings. The van der Waals surface area contributed by atoms with E-state index in [2.05, 4.69) is 10.6 Å². The summed E-state index contributed by atoms with van der Waals surface area (Å²) in [5.41, 5.74) is 1.20. The van der Waals surface area contributed by atoms with Crippen molar-refractivity contribution in [3.8, 4) is 5.75 Å². The summed E-state index contributed by atoms with van der Waals surface area (Å²) in [6, 6.07) is 14.9. The Morgan fingerprint density at radius 3 is 2.30 bits per heavy atom. The highest BCUT2D eigenvalue weighted by Gasteiger charge is 2.23. The lowest BCUT2D eigenvalue weighted by molar-refractivity contribution is -0.144. The fourth-order valence-electron chi connectivity index (χ4n) is 2.52. The number of hydrogen-bond donors (Lipinski definition) is 2. The van der Waals surface area contributed by atoms with E-state index in [-0.39, 0.29) is 18.9 Å². The number of ether oxygens (including phenoxy) is 2. The zero-order valence-corrected chi connectivity index (χ0v) is 15.2. The highest BCUT2D eigenvalue weighted by molar-refractivity contribution is 5.96. The van der Waals surface area contributed by atoms with Crippen LogP contribution in [0.2, 0.25) is 0 Å². The number of benzene rings is 2. The van der Waals surface area contributed by atoms with Gasteiger partial charge in [0.05, 0.1) is 20.8 Å². The van der Waals surface area contributed by atoms with E-state index in [0.717, 1.165) is 5.56 Å². The fourth-order valence-corrected chi connectivity index (χ4v) is 2.52. The van der Waals surface area contributed by atoms with Gasteiger partial charge in [0.25, 0.3) is 5.91 Å². The van der Waals surface area contributed by atoms with Crippen molar-refractivity contribution in [2.75, 3.05) is 20.8 Å². The number of methoxy groups -OCH3 is 2. The van der Waals surface area contributed by atoms with Crippen molar-refractivity contribution in [2.45, 2.75) is 12.5 Å². The van der Waals surface area contributed by atoms with E-state index in [1.54, 1.807) is 42.5 Å². The van der Waals surface area contributed by atoms with Gasteiger partial charge in [0.15, 0.2) is 0 Å². The molecule has 0 fully saturated rings. The summed E-state index contributed by atoms with van der Waals surface area (Å²) in [4.78, 5) is 36.2. The Labute approximate surface area is 157 Å². The van der Waals surface area contributed by atoms with Crippen LogP contribution in [0, 0.1) is 0 Å². The molecule has 0 aliphatic carbocycles. The van der Waals surface area contributed by atoms with Gasteiger partial charge in [-0.15, -0.1) is 0 Å². The Balaban J connectivity index is 1.98. The SMILES string of the molecule is COC(=O)[C@H](Cc1ccccc1OC)NC(=O)CNC(=O)c1ccccc1. The molecule has 0 spiro atoms. The summed E-state index contributed by atoms with van der Waals surface area (Å²) in [7, 11) is 2.78. The first-order chi connectivity index (χ1) is 13.0. The maximum Gasteiger partial charge on any atom is 0.328 e. The summed E-state index contributed by atoms with van der Waals surface area (Å²) in [5.74, 6) is -0.837. The summed E-state index contributed by atoms with van der Waals surface area (Å²) in [6.07, 6.45) is 0.203. The van der Waals surface area contributed by atoms with Gasteiger partial charge in [-0.3, -0.25) is 9.59 Å². The Bertz CT molecular complexity index is 792. The van der Waals surface area contributed by atoms with Gasteiger partial charge in [-0.2, -0.15) is 0 Å². The van der Waals surface area contributed by atoms with E-state index in [1.807, 2.05) is 12.1 Å². The highest BCUT2D eigenvalue weighted by Crippen LogP contribution is 2.19. The quantitative estimate of drug-likeness (QED) is 0.684. The van der Waals surface area contributed by atoms with Gasteiger partial charge in [-0.25, -0.2) is 4.79 Å². The van der Waals surface area contributed by atoms with Crippen molar-refractivity contribution >= 4 is 17.8 Å². The predicted molar refractivity (Wildman–Crippen MR) is 99.4 cm³/mol. The third-order valence-electron chi connectivity index (χ3n) is 3.88. The molecule has 0 unspecified atom stereocenters. The second-order valence-electron chi connectivity index (χ2n) is 5.71. The second kappa shape index (κ2) is 9.96. The van der Waals surface area contributed by atoms with Crippen LogP contribution >= 0.6 is 0 Å². The minimum atomic E-state index is -0.896. The third-order valence-corrected chi connectivity index (χ3v) is 3.88. The standard InChI is InChI=1S/C20H22N2O5/c1-26-17-11-7-6-10-15(17)12-16(20(25)27-2)22-18(23)13-21-19(24)14-8-4-3-5-9-14/h3-11,16H,12-13H2,1-2H3,(H,21,24)(H,22,23)/t16-/m0/s1. The number of esters is 1. The molecule has 2 rings (SSSR count). The smallest absolute Gasteiger partial charge is 0.328 e. The van der Waals surface area contributed by atoms with Gasteiger partial charge in [0, 0.05) is 12.0 Å². The van der Waals surface area contributed by atoms with E-state index < -0.39 is 17.9 Å². The molecule has 0 saturated carbocycles.